The molecule has 0 radical (unpaired) electrons. The molecule has 27 heavy (non-hydrogen) atoms. The minimum atomic E-state index is -0.836. The van der Waals surface area contributed by atoms with Crippen molar-refractivity contribution in [2.75, 3.05) is 13.7 Å². The summed E-state index contributed by atoms with van der Waals surface area (Å²) in [5.74, 6) is -0.408. The zero-order valence-electron chi connectivity index (χ0n) is 15.6. The Balaban J connectivity index is 1.87. The molecule has 0 bridgehead atoms. The summed E-state index contributed by atoms with van der Waals surface area (Å²) in [7, 11) is 1.56. The number of aryl methyl sites for hydroxylation is 1. The van der Waals surface area contributed by atoms with Crippen LogP contribution in [0.5, 0.6) is 11.5 Å². The Morgan fingerprint density at radius 3 is 2.48 bits per heavy atom. The van der Waals surface area contributed by atoms with E-state index in [4.69, 9.17) is 9.47 Å². The molecule has 0 saturated carbocycles. The van der Waals surface area contributed by atoms with Crippen molar-refractivity contribution in [3.8, 4) is 11.5 Å². The first-order chi connectivity index (χ1) is 13.0. The number of carbonyl (C=O) groups is 2. The number of rotatable bonds is 7. The van der Waals surface area contributed by atoms with E-state index in [0.29, 0.717) is 23.7 Å². The molecule has 7 nitrogen and oxygen atoms in total. The Hall–Kier alpha value is -3.35. The van der Waals surface area contributed by atoms with Gasteiger partial charge in [0.05, 0.1) is 19.9 Å². The Kier molecular flexibility index (Phi) is 7.37. The molecule has 0 heterocycles. The zero-order chi connectivity index (χ0) is 19.6. The Labute approximate surface area is 158 Å². The van der Waals surface area contributed by atoms with E-state index in [-0.39, 0.29) is 6.54 Å². The van der Waals surface area contributed by atoms with Crippen LogP contribution in [0.2, 0.25) is 0 Å². The number of hydrazone groups is 1. The summed E-state index contributed by atoms with van der Waals surface area (Å²) in [6, 6.07) is 12.9. The fraction of sp³-hybridized carbons (Fsp3) is 0.250. The second-order valence-corrected chi connectivity index (χ2v) is 5.71. The van der Waals surface area contributed by atoms with Crippen molar-refractivity contribution >= 4 is 18.0 Å². The van der Waals surface area contributed by atoms with Gasteiger partial charge in [-0.15, -0.1) is 0 Å². The fourth-order valence-electron chi connectivity index (χ4n) is 2.23. The van der Waals surface area contributed by atoms with Gasteiger partial charge in [-0.25, -0.2) is 5.43 Å². The maximum Gasteiger partial charge on any atom is 0.329 e. The van der Waals surface area contributed by atoms with Crippen molar-refractivity contribution in [1.29, 1.82) is 0 Å². The highest BCUT2D eigenvalue weighted by atomic mass is 16.5. The topological polar surface area (TPSA) is 89.0 Å². The van der Waals surface area contributed by atoms with Gasteiger partial charge < -0.3 is 14.8 Å². The van der Waals surface area contributed by atoms with E-state index in [2.05, 4.69) is 15.8 Å². The van der Waals surface area contributed by atoms with Crippen LogP contribution in [0.15, 0.2) is 47.6 Å². The number of nitrogens with zero attached hydrogens (tertiary/aromatic N) is 1. The number of ether oxygens (including phenoxy) is 2. The molecule has 142 valence electrons. The summed E-state index contributed by atoms with van der Waals surface area (Å²) in [5.41, 5.74) is 4.93. The lowest BCUT2D eigenvalue weighted by atomic mass is 10.1. The SMILES string of the molecule is CCOc1cc(/C=N\NC(=O)C(=O)NCc2ccc(C)cc2)ccc1OC. The Morgan fingerprint density at radius 2 is 1.81 bits per heavy atom. The van der Waals surface area contributed by atoms with Gasteiger partial charge in [0.25, 0.3) is 0 Å². The molecular formula is C20H23N3O4. The van der Waals surface area contributed by atoms with Crippen LogP contribution < -0.4 is 20.2 Å². The molecule has 2 aromatic carbocycles. The van der Waals surface area contributed by atoms with E-state index < -0.39 is 11.8 Å². The predicted molar refractivity (Wildman–Crippen MR) is 103 cm³/mol. The van der Waals surface area contributed by atoms with Gasteiger partial charge in [-0.05, 0) is 43.2 Å². The molecule has 2 N–H and O–H groups in total. The highest BCUT2D eigenvalue weighted by Crippen LogP contribution is 2.27. The summed E-state index contributed by atoms with van der Waals surface area (Å²) >= 11 is 0. The molecule has 0 atom stereocenters. The molecule has 0 aliphatic heterocycles. The van der Waals surface area contributed by atoms with Crippen molar-refractivity contribution in [2.24, 2.45) is 5.10 Å². The summed E-state index contributed by atoms with van der Waals surface area (Å²) < 4.78 is 10.7. The van der Waals surface area contributed by atoms with Crippen LogP contribution in [-0.4, -0.2) is 31.7 Å². The maximum atomic E-state index is 11.8. The van der Waals surface area contributed by atoms with Crippen molar-refractivity contribution in [2.45, 2.75) is 20.4 Å². The minimum Gasteiger partial charge on any atom is -0.493 e. The lowest BCUT2D eigenvalue weighted by Crippen LogP contribution is -2.37. The highest BCUT2D eigenvalue weighted by Gasteiger charge is 2.12. The van der Waals surface area contributed by atoms with E-state index in [9.17, 15) is 9.59 Å². The van der Waals surface area contributed by atoms with Gasteiger partial charge in [-0.1, -0.05) is 29.8 Å². The number of amides is 2. The van der Waals surface area contributed by atoms with Gasteiger partial charge in [0.2, 0.25) is 0 Å². The number of methoxy groups -OCH3 is 1. The Bertz CT molecular complexity index is 816. The van der Waals surface area contributed by atoms with Crippen LogP contribution in [-0.2, 0) is 16.1 Å². The predicted octanol–water partition coefficient (Wildman–Crippen LogP) is 2.17. The first kappa shape index (κ1) is 20.0. The maximum absolute atomic E-state index is 11.8. The monoisotopic (exact) mass is 369 g/mol. The van der Waals surface area contributed by atoms with Crippen molar-refractivity contribution in [1.82, 2.24) is 10.7 Å². The Morgan fingerprint density at radius 1 is 1.07 bits per heavy atom. The fourth-order valence-corrected chi connectivity index (χ4v) is 2.23. The van der Waals surface area contributed by atoms with Crippen LogP contribution in [0.4, 0.5) is 0 Å². The third-order valence-corrected chi connectivity index (χ3v) is 3.65. The smallest absolute Gasteiger partial charge is 0.329 e. The van der Waals surface area contributed by atoms with E-state index in [1.54, 1.807) is 25.3 Å². The van der Waals surface area contributed by atoms with Crippen LogP contribution in [0.1, 0.15) is 23.6 Å². The number of benzene rings is 2. The van der Waals surface area contributed by atoms with Gasteiger partial charge >= 0.3 is 11.8 Å². The van der Waals surface area contributed by atoms with E-state index in [1.165, 1.54) is 6.21 Å². The van der Waals surface area contributed by atoms with Crippen LogP contribution in [0, 0.1) is 6.92 Å². The van der Waals surface area contributed by atoms with Gasteiger partial charge in [-0.2, -0.15) is 5.10 Å². The molecule has 0 aliphatic rings. The third-order valence-electron chi connectivity index (χ3n) is 3.65. The first-order valence-electron chi connectivity index (χ1n) is 8.51. The van der Waals surface area contributed by atoms with Gasteiger partial charge in [0, 0.05) is 6.54 Å². The molecule has 0 spiro atoms. The summed E-state index contributed by atoms with van der Waals surface area (Å²) in [6.45, 7) is 4.62. The van der Waals surface area contributed by atoms with E-state index in [1.807, 2.05) is 38.1 Å². The lowest BCUT2D eigenvalue weighted by molar-refractivity contribution is -0.139. The average molecular weight is 369 g/mol. The molecule has 0 saturated heterocycles. The quantitative estimate of drug-likeness (QED) is 0.445. The molecule has 0 unspecified atom stereocenters. The van der Waals surface area contributed by atoms with Gasteiger partial charge in [0.15, 0.2) is 11.5 Å². The number of hydrogen-bond acceptors (Lipinski definition) is 5. The molecule has 0 fully saturated rings. The van der Waals surface area contributed by atoms with E-state index >= 15 is 0 Å². The number of hydrogen-bond donors (Lipinski definition) is 2. The second kappa shape index (κ2) is 9.96. The largest absolute Gasteiger partial charge is 0.493 e. The molecule has 0 aromatic heterocycles. The van der Waals surface area contributed by atoms with Crippen molar-refractivity contribution in [3.63, 3.8) is 0 Å². The number of nitrogens with one attached hydrogen (secondary N) is 2. The van der Waals surface area contributed by atoms with E-state index in [0.717, 1.165) is 11.1 Å². The molecule has 2 amide bonds. The van der Waals surface area contributed by atoms with Crippen molar-refractivity contribution in [3.05, 3.63) is 59.2 Å². The molecular weight excluding hydrogens is 346 g/mol. The first-order valence-corrected chi connectivity index (χ1v) is 8.51. The van der Waals surface area contributed by atoms with Crippen LogP contribution in [0.25, 0.3) is 0 Å². The number of carbonyl (C=O) groups excluding carboxylic acids is 2. The zero-order valence-corrected chi connectivity index (χ0v) is 15.6. The van der Waals surface area contributed by atoms with Crippen LogP contribution >= 0.6 is 0 Å². The summed E-state index contributed by atoms with van der Waals surface area (Å²) in [4.78, 5) is 23.6. The normalized spacial score (nSPS) is 10.5. The van der Waals surface area contributed by atoms with Gasteiger partial charge in [0.1, 0.15) is 0 Å². The summed E-state index contributed by atoms with van der Waals surface area (Å²) in [6.07, 6.45) is 1.42. The third kappa shape index (κ3) is 6.14. The van der Waals surface area contributed by atoms with Crippen LogP contribution in [0.3, 0.4) is 0 Å². The second-order valence-electron chi connectivity index (χ2n) is 5.71. The molecule has 2 rings (SSSR count). The van der Waals surface area contributed by atoms with Gasteiger partial charge in [-0.3, -0.25) is 9.59 Å². The summed E-state index contributed by atoms with van der Waals surface area (Å²) in [5, 5.41) is 6.35. The van der Waals surface area contributed by atoms with Crippen molar-refractivity contribution < 1.29 is 19.1 Å². The standard InChI is InChI=1S/C20H23N3O4/c1-4-27-18-11-16(9-10-17(18)26-3)13-22-23-20(25)19(24)21-12-15-7-5-14(2)6-8-15/h5-11,13H,4,12H2,1-3H3,(H,21,24)(H,23,25)/b22-13-. The lowest BCUT2D eigenvalue weighted by Gasteiger charge is -2.09. The highest BCUT2D eigenvalue weighted by molar-refractivity contribution is 6.35. The molecule has 7 heteroatoms. The average Bonchev–Trinajstić information content (AvgIpc) is 2.67. The molecule has 2 aromatic rings. The molecule has 0 aliphatic carbocycles. The minimum absolute atomic E-state index is 0.270.